The molecule has 2 rings (SSSR count). The van der Waals surface area contributed by atoms with E-state index in [1.54, 1.807) is 24.3 Å². The van der Waals surface area contributed by atoms with Gasteiger partial charge in [-0.3, -0.25) is 14.5 Å². The van der Waals surface area contributed by atoms with E-state index < -0.39 is 0 Å². The fraction of sp³-hybridized carbons (Fsp3) is 0.273. The Balaban J connectivity index is 2.17. The zero-order valence-electron chi connectivity index (χ0n) is 8.55. The molecular weight excluding hydrogens is 226 g/mol. The molecule has 1 aromatic rings. The molecule has 0 bridgehead atoms. The number of rotatable bonds is 2. The van der Waals surface area contributed by atoms with Gasteiger partial charge >= 0.3 is 0 Å². The molecule has 16 heavy (non-hydrogen) atoms. The SMILES string of the molecule is O=C1CSCC(=O)N1Cc1ccccc1O. The maximum Gasteiger partial charge on any atom is 0.239 e. The van der Waals surface area contributed by atoms with Crippen LogP contribution in [0.15, 0.2) is 24.3 Å². The number of benzene rings is 1. The molecule has 1 aliphatic heterocycles. The van der Waals surface area contributed by atoms with Gasteiger partial charge < -0.3 is 5.11 Å². The standard InChI is InChI=1S/C11H11NO3S/c13-9-4-2-1-3-8(9)5-12-10(14)6-16-7-11(12)15/h1-4,13H,5-7H2. The fourth-order valence-electron chi connectivity index (χ4n) is 1.51. The van der Waals surface area contributed by atoms with Gasteiger partial charge in [-0.2, -0.15) is 0 Å². The van der Waals surface area contributed by atoms with Crippen LogP contribution in [0, 0.1) is 0 Å². The van der Waals surface area contributed by atoms with Crippen molar-refractivity contribution in [1.29, 1.82) is 0 Å². The van der Waals surface area contributed by atoms with Crippen LogP contribution in [0.2, 0.25) is 0 Å². The number of aromatic hydroxyl groups is 1. The summed E-state index contributed by atoms with van der Waals surface area (Å²) in [5.41, 5.74) is 0.594. The number of thioether (sulfide) groups is 1. The van der Waals surface area contributed by atoms with Gasteiger partial charge in [0.2, 0.25) is 11.8 Å². The summed E-state index contributed by atoms with van der Waals surface area (Å²) in [4.78, 5) is 24.2. The molecule has 0 radical (unpaired) electrons. The molecule has 1 heterocycles. The molecule has 0 aromatic heterocycles. The van der Waals surface area contributed by atoms with E-state index in [1.165, 1.54) is 16.7 Å². The second-order valence-corrected chi connectivity index (χ2v) is 4.48. The highest BCUT2D eigenvalue weighted by Crippen LogP contribution is 2.21. The van der Waals surface area contributed by atoms with Crippen LogP contribution < -0.4 is 0 Å². The predicted molar refractivity (Wildman–Crippen MR) is 61.0 cm³/mol. The second kappa shape index (κ2) is 4.57. The summed E-state index contributed by atoms with van der Waals surface area (Å²) in [6, 6.07) is 6.72. The summed E-state index contributed by atoms with van der Waals surface area (Å²) in [6.07, 6.45) is 0. The van der Waals surface area contributed by atoms with Crippen LogP contribution in [0.4, 0.5) is 0 Å². The fourth-order valence-corrected chi connectivity index (χ4v) is 2.27. The van der Waals surface area contributed by atoms with Gasteiger partial charge in [0.15, 0.2) is 0 Å². The molecule has 0 saturated carbocycles. The van der Waals surface area contributed by atoms with E-state index in [-0.39, 0.29) is 24.1 Å². The number of nitrogens with zero attached hydrogens (tertiary/aromatic N) is 1. The summed E-state index contributed by atoms with van der Waals surface area (Å²) < 4.78 is 0. The minimum absolute atomic E-state index is 0.112. The molecule has 0 unspecified atom stereocenters. The van der Waals surface area contributed by atoms with Gasteiger partial charge in [-0.25, -0.2) is 0 Å². The molecule has 1 aliphatic rings. The minimum atomic E-state index is -0.190. The van der Waals surface area contributed by atoms with E-state index in [4.69, 9.17) is 0 Å². The minimum Gasteiger partial charge on any atom is -0.508 e. The molecule has 5 heteroatoms. The highest BCUT2D eigenvalue weighted by molar-refractivity contribution is 8.00. The lowest BCUT2D eigenvalue weighted by molar-refractivity contribution is -0.142. The Morgan fingerprint density at radius 3 is 2.44 bits per heavy atom. The number of imide groups is 1. The topological polar surface area (TPSA) is 57.6 Å². The molecule has 0 aliphatic carbocycles. The van der Waals surface area contributed by atoms with Gasteiger partial charge in [-0.15, -0.1) is 11.8 Å². The average molecular weight is 237 g/mol. The van der Waals surface area contributed by atoms with Crippen LogP contribution in [0.1, 0.15) is 5.56 Å². The summed E-state index contributed by atoms with van der Waals surface area (Å²) >= 11 is 1.33. The Hall–Kier alpha value is -1.49. The molecule has 1 saturated heterocycles. The van der Waals surface area contributed by atoms with Crippen LogP contribution >= 0.6 is 11.8 Å². The van der Waals surface area contributed by atoms with Gasteiger partial charge in [-0.05, 0) is 6.07 Å². The van der Waals surface area contributed by atoms with E-state index in [9.17, 15) is 14.7 Å². The first-order chi connectivity index (χ1) is 7.68. The van der Waals surface area contributed by atoms with Crippen molar-refractivity contribution < 1.29 is 14.7 Å². The van der Waals surface area contributed by atoms with Gasteiger partial charge in [0.1, 0.15) is 5.75 Å². The summed E-state index contributed by atoms with van der Waals surface area (Å²) in [5, 5.41) is 9.56. The van der Waals surface area contributed by atoms with Gasteiger partial charge in [0.05, 0.1) is 18.1 Å². The van der Waals surface area contributed by atoms with Crippen LogP contribution in [-0.4, -0.2) is 33.3 Å². The quantitative estimate of drug-likeness (QED) is 0.779. The molecule has 1 N–H and O–H groups in total. The third kappa shape index (κ3) is 2.19. The first-order valence-electron chi connectivity index (χ1n) is 4.86. The third-order valence-corrected chi connectivity index (χ3v) is 3.28. The van der Waals surface area contributed by atoms with Crippen molar-refractivity contribution in [2.75, 3.05) is 11.5 Å². The monoisotopic (exact) mass is 237 g/mol. The molecule has 0 spiro atoms. The number of carbonyl (C=O) groups is 2. The number of carbonyl (C=O) groups excluding carboxylic acids is 2. The van der Waals surface area contributed by atoms with Crippen molar-refractivity contribution in [3.8, 4) is 5.75 Å². The predicted octanol–water partition coefficient (Wildman–Crippen LogP) is 0.994. The zero-order chi connectivity index (χ0) is 11.5. The van der Waals surface area contributed by atoms with Crippen LogP contribution in [0.3, 0.4) is 0 Å². The Bertz CT molecular complexity index is 417. The first-order valence-corrected chi connectivity index (χ1v) is 6.02. The molecule has 1 fully saturated rings. The van der Waals surface area contributed by atoms with E-state index >= 15 is 0 Å². The maximum atomic E-state index is 11.5. The highest BCUT2D eigenvalue weighted by atomic mass is 32.2. The number of hydrogen-bond donors (Lipinski definition) is 1. The largest absolute Gasteiger partial charge is 0.508 e. The normalized spacial score (nSPS) is 16.6. The van der Waals surface area contributed by atoms with Crippen molar-refractivity contribution in [2.45, 2.75) is 6.54 Å². The molecule has 0 atom stereocenters. The van der Waals surface area contributed by atoms with Gasteiger partial charge in [-0.1, -0.05) is 18.2 Å². The number of hydrogen-bond acceptors (Lipinski definition) is 4. The Labute approximate surface area is 97.3 Å². The smallest absolute Gasteiger partial charge is 0.239 e. The summed E-state index contributed by atoms with van der Waals surface area (Å²) in [5.74, 6) is 0.397. The Kier molecular flexibility index (Phi) is 3.14. The first kappa shape index (κ1) is 11.0. The molecule has 1 aromatic carbocycles. The van der Waals surface area contributed by atoms with Crippen molar-refractivity contribution in [1.82, 2.24) is 4.90 Å². The van der Waals surface area contributed by atoms with Crippen molar-refractivity contribution in [3.05, 3.63) is 29.8 Å². The molecular formula is C11H11NO3S. The number of para-hydroxylation sites is 1. The highest BCUT2D eigenvalue weighted by Gasteiger charge is 2.26. The molecule has 2 amide bonds. The van der Waals surface area contributed by atoms with E-state index in [0.717, 1.165) is 0 Å². The molecule has 4 nitrogen and oxygen atoms in total. The summed E-state index contributed by atoms with van der Waals surface area (Å²) in [6.45, 7) is 0.158. The average Bonchev–Trinajstić information content (AvgIpc) is 2.26. The van der Waals surface area contributed by atoms with Crippen molar-refractivity contribution in [3.63, 3.8) is 0 Å². The lowest BCUT2D eigenvalue weighted by Gasteiger charge is -2.24. The summed E-state index contributed by atoms with van der Waals surface area (Å²) in [7, 11) is 0. The van der Waals surface area contributed by atoms with E-state index in [1.807, 2.05) is 0 Å². The van der Waals surface area contributed by atoms with E-state index in [0.29, 0.717) is 17.1 Å². The van der Waals surface area contributed by atoms with Crippen LogP contribution in [0.25, 0.3) is 0 Å². The number of phenols is 1. The second-order valence-electron chi connectivity index (χ2n) is 3.50. The third-order valence-electron chi connectivity index (χ3n) is 2.37. The Morgan fingerprint density at radius 1 is 1.19 bits per heavy atom. The van der Waals surface area contributed by atoms with Crippen molar-refractivity contribution in [2.24, 2.45) is 0 Å². The van der Waals surface area contributed by atoms with Crippen molar-refractivity contribution >= 4 is 23.6 Å². The van der Waals surface area contributed by atoms with Gasteiger partial charge in [0.25, 0.3) is 0 Å². The number of phenolic OH excluding ortho intramolecular Hbond substituents is 1. The number of amides is 2. The van der Waals surface area contributed by atoms with Crippen LogP contribution in [-0.2, 0) is 16.1 Å². The lowest BCUT2D eigenvalue weighted by Crippen LogP contribution is -2.42. The van der Waals surface area contributed by atoms with Crippen LogP contribution in [0.5, 0.6) is 5.75 Å². The maximum absolute atomic E-state index is 11.5. The Morgan fingerprint density at radius 2 is 1.81 bits per heavy atom. The zero-order valence-corrected chi connectivity index (χ0v) is 9.37. The van der Waals surface area contributed by atoms with Gasteiger partial charge in [0, 0.05) is 5.56 Å². The molecule has 84 valence electrons. The van der Waals surface area contributed by atoms with E-state index in [2.05, 4.69) is 0 Å². The lowest BCUT2D eigenvalue weighted by atomic mass is 10.2.